The molecule has 0 N–H and O–H groups in total. The molecule has 0 bridgehead atoms. The van der Waals surface area contributed by atoms with E-state index in [0.717, 1.165) is 39.0 Å². The Kier molecular flexibility index (Phi) is 5.20. The summed E-state index contributed by atoms with van der Waals surface area (Å²) in [7, 11) is 0. The van der Waals surface area contributed by atoms with Crippen molar-refractivity contribution in [3.63, 3.8) is 0 Å². The third kappa shape index (κ3) is 3.79. The zero-order valence-corrected chi connectivity index (χ0v) is 23.0. The molecule has 1 aliphatic rings. The lowest BCUT2D eigenvalue weighted by atomic mass is 9.74. The standard InChI is InChI=1S/C39H28O2/c1-39(2)33-19-18-32-31-15-9-10-16-35(31)40-37(32)38(33)41-36-20-17-27(24-34(36)39)30-22-28(25-11-5-3-6-12-25)21-29(23-30)26-13-7-4-8-14-26/h3-24H,1-2H3. The zero-order chi connectivity index (χ0) is 27.6. The minimum atomic E-state index is -0.272. The monoisotopic (exact) mass is 528 g/mol. The lowest BCUT2D eigenvalue weighted by Gasteiger charge is -2.34. The fourth-order valence-corrected chi connectivity index (χ4v) is 6.29. The normalized spacial score (nSPS) is 13.5. The van der Waals surface area contributed by atoms with Gasteiger partial charge >= 0.3 is 0 Å². The number of ether oxygens (including phenoxy) is 1. The van der Waals surface area contributed by atoms with Crippen molar-refractivity contribution in [2.45, 2.75) is 19.3 Å². The third-order valence-corrected chi connectivity index (χ3v) is 8.52. The van der Waals surface area contributed by atoms with Gasteiger partial charge in [0.15, 0.2) is 11.3 Å². The molecule has 0 radical (unpaired) electrons. The topological polar surface area (TPSA) is 22.4 Å². The van der Waals surface area contributed by atoms with Gasteiger partial charge < -0.3 is 9.15 Å². The van der Waals surface area contributed by atoms with Gasteiger partial charge in [-0.1, -0.05) is 105 Å². The predicted octanol–water partition coefficient (Wildman–Crippen LogP) is 11.0. The highest BCUT2D eigenvalue weighted by Crippen LogP contribution is 2.52. The Morgan fingerprint density at radius 2 is 1.07 bits per heavy atom. The SMILES string of the molecule is CC1(C)c2cc(-c3cc(-c4ccccc4)cc(-c4ccccc4)c3)ccc2Oc2c1ccc1c2oc2ccccc21. The second-order valence-electron chi connectivity index (χ2n) is 11.4. The summed E-state index contributed by atoms with van der Waals surface area (Å²) in [5.74, 6) is 1.70. The van der Waals surface area contributed by atoms with E-state index in [4.69, 9.17) is 9.15 Å². The van der Waals surface area contributed by atoms with Crippen molar-refractivity contribution in [2.75, 3.05) is 0 Å². The first kappa shape index (κ1) is 23.8. The molecule has 6 aromatic carbocycles. The number of hydrogen-bond acceptors (Lipinski definition) is 2. The number of benzene rings is 6. The number of rotatable bonds is 3. The van der Waals surface area contributed by atoms with Crippen LogP contribution in [0, 0.1) is 0 Å². The average molecular weight is 529 g/mol. The quantitative estimate of drug-likeness (QED) is 0.228. The first-order valence-corrected chi connectivity index (χ1v) is 14.1. The Hall–Kier alpha value is -5.08. The van der Waals surface area contributed by atoms with Crippen molar-refractivity contribution < 1.29 is 9.15 Å². The van der Waals surface area contributed by atoms with Crippen molar-refractivity contribution in [2.24, 2.45) is 0 Å². The molecule has 0 unspecified atom stereocenters. The Labute approximate surface area is 239 Å². The van der Waals surface area contributed by atoms with Gasteiger partial charge in [0.1, 0.15) is 11.3 Å². The molecular weight excluding hydrogens is 500 g/mol. The molecule has 2 heteroatoms. The van der Waals surface area contributed by atoms with E-state index in [1.807, 2.05) is 18.2 Å². The van der Waals surface area contributed by atoms with Crippen LogP contribution in [0.2, 0.25) is 0 Å². The maximum atomic E-state index is 6.64. The van der Waals surface area contributed by atoms with Crippen LogP contribution in [0.15, 0.2) is 138 Å². The van der Waals surface area contributed by atoms with E-state index < -0.39 is 0 Å². The fraction of sp³-hybridized carbons (Fsp3) is 0.0769. The van der Waals surface area contributed by atoms with Gasteiger partial charge in [0.2, 0.25) is 0 Å². The Bertz CT molecular complexity index is 2020. The minimum Gasteiger partial charge on any atom is -0.453 e. The highest BCUT2D eigenvalue weighted by atomic mass is 16.5. The van der Waals surface area contributed by atoms with E-state index in [-0.39, 0.29) is 5.41 Å². The highest BCUT2D eigenvalue weighted by Gasteiger charge is 2.36. The van der Waals surface area contributed by atoms with Gasteiger partial charge in [-0.3, -0.25) is 0 Å². The second-order valence-corrected chi connectivity index (χ2v) is 11.4. The predicted molar refractivity (Wildman–Crippen MR) is 169 cm³/mol. The smallest absolute Gasteiger partial charge is 0.178 e. The molecule has 0 fully saturated rings. The summed E-state index contributed by atoms with van der Waals surface area (Å²) in [6, 6.07) is 47.3. The van der Waals surface area contributed by atoms with E-state index in [1.54, 1.807) is 0 Å². The first-order chi connectivity index (χ1) is 20.1. The van der Waals surface area contributed by atoms with Crippen LogP contribution in [0.1, 0.15) is 25.0 Å². The van der Waals surface area contributed by atoms with Crippen LogP contribution >= 0.6 is 0 Å². The van der Waals surface area contributed by atoms with Crippen molar-refractivity contribution in [1.29, 1.82) is 0 Å². The van der Waals surface area contributed by atoms with Crippen LogP contribution in [0.3, 0.4) is 0 Å². The number of fused-ring (bicyclic) bond motifs is 6. The van der Waals surface area contributed by atoms with Crippen molar-refractivity contribution >= 4 is 21.9 Å². The van der Waals surface area contributed by atoms with Crippen LogP contribution in [0.4, 0.5) is 0 Å². The summed E-state index contributed by atoms with van der Waals surface area (Å²) in [5.41, 5.74) is 10.9. The van der Waals surface area contributed by atoms with Gasteiger partial charge in [0.05, 0.1) is 0 Å². The van der Waals surface area contributed by atoms with Gasteiger partial charge in [-0.25, -0.2) is 0 Å². The molecule has 0 atom stereocenters. The lowest BCUT2D eigenvalue weighted by Crippen LogP contribution is -2.24. The molecule has 0 saturated carbocycles. The van der Waals surface area contributed by atoms with Crippen LogP contribution in [-0.2, 0) is 5.41 Å². The van der Waals surface area contributed by atoms with Gasteiger partial charge in [-0.05, 0) is 75.8 Å². The highest BCUT2D eigenvalue weighted by molar-refractivity contribution is 6.07. The maximum absolute atomic E-state index is 6.64. The third-order valence-electron chi connectivity index (χ3n) is 8.52. The molecule has 8 rings (SSSR count). The molecule has 0 saturated heterocycles. The van der Waals surface area contributed by atoms with E-state index in [2.05, 4.69) is 129 Å². The van der Waals surface area contributed by atoms with Gasteiger partial charge in [0, 0.05) is 27.3 Å². The van der Waals surface area contributed by atoms with Crippen LogP contribution in [0.25, 0.3) is 55.3 Å². The molecule has 1 aliphatic heterocycles. The van der Waals surface area contributed by atoms with E-state index in [1.165, 1.54) is 38.9 Å². The Balaban J connectivity index is 1.28. The minimum absolute atomic E-state index is 0.272. The van der Waals surface area contributed by atoms with Crippen molar-refractivity contribution in [1.82, 2.24) is 0 Å². The van der Waals surface area contributed by atoms with E-state index >= 15 is 0 Å². The lowest BCUT2D eigenvalue weighted by molar-refractivity contribution is 0.415. The summed E-state index contributed by atoms with van der Waals surface area (Å²) in [5, 5.41) is 2.20. The zero-order valence-electron chi connectivity index (χ0n) is 23.0. The number of para-hydroxylation sites is 1. The number of furan rings is 1. The molecule has 2 heterocycles. The molecule has 41 heavy (non-hydrogen) atoms. The Morgan fingerprint density at radius 3 is 1.76 bits per heavy atom. The molecule has 0 spiro atoms. The molecule has 1 aromatic heterocycles. The molecule has 7 aromatic rings. The molecular formula is C39H28O2. The number of hydrogen-bond donors (Lipinski definition) is 0. The summed E-state index contributed by atoms with van der Waals surface area (Å²) in [4.78, 5) is 0. The van der Waals surface area contributed by atoms with Crippen molar-refractivity contribution in [3.05, 3.63) is 145 Å². The average Bonchev–Trinajstić information content (AvgIpc) is 3.41. The summed E-state index contributed by atoms with van der Waals surface area (Å²) in [6.07, 6.45) is 0. The first-order valence-electron chi connectivity index (χ1n) is 14.1. The van der Waals surface area contributed by atoms with E-state index in [9.17, 15) is 0 Å². The fourth-order valence-electron chi connectivity index (χ4n) is 6.29. The van der Waals surface area contributed by atoms with Gasteiger partial charge in [-0.15, -0.1) is 0 Å². The molecule has 0 aliphatic carbocycles. The second kappa shape index (κ2) is 8.97. The van der Waals surface area contributed by atoms with Crippen LogP contribution in [-0.4, -0.2) is 0 Å². The summed E-state index contributed by atoms with van der Waals surface area (Å²) < 4.78 is 13.0. The van der Waals surface area contributed by atoms with Gasteiger partial charge in [0.25, 0.3) is 0 Å². The van der Waals surface area contributed by atoms with E-state index in [0.29, 0.717) is 0 Å². The summed E-state index contributed by atoms with van der Waals surface area (Å²) in [6.45, 7) is 4.56. The maximum Gasteiger partial charge on any atom is 0.178 e. The van der Waals surface area contributed by atoms with Crippen LogP contribution in [0.5, 0.6) is 11.5 Å². The Morgan fingerprint density at radius 1 is 0.463 bits per heavy atom. The largest absolute Gasteiger partial charge is 0.453 e. The summed E-state index contributed by atoms with van der Waals surface area (Å²) >= 11 is 0. The molecule has 196 valence electrons. The molecule has 2 nitrogen and oxygen atoms in total. The van der Waals surface area contributed by atoms with Gasteiger partial charge in [-0.2, -0.15) is 0 Å². The van der Waals surface area contributed by atoms with Crippen molar-refractivity contribution in [3.8, 4) is 44.9 Å². The van der Waals surface area contributed by atoms with Crippen LogP contribution < -0.4 is 4.74 Å². The molecule has 0 amide bonds.